The molecule has 0 saturated carbocycles. The lowest BCUT2D eigenvalue weighted by Crippen LogP contribution is -2.57. The number of likely N-dealkylation sites (N-methyl/N-ethyl adjacent to an activating group) is 1. The highest BCUT2D eigenvalue weighted by molar-refractivity contribution is 5.89. The third kappa shape index (κ3) is 5.32. The summed E-state index contributed by atoms with van der Waals surface area (Å²) in [4.78, 5) is 38.6. The Balaban J connectivity index is 1.38. The fourth-order valence-corrected chi connectivity index (χ4v) is 4.32. The van der Waals surface area contributed by atoms with Gasteiger partial charge in [0.25, 0.3) is 5.91 Å². The molecule has 0 aromatic heterocycles. The van der Waals surface area contributed by atoms with Crippen LogP contribution in [0.1, 0.15) is 23.5 Å². The molecule has 1 unspecified atom stereocenters. The summed E-state index contributed by atoms with van der Waals surface area (Å²) >= 11 is 0. The molecule has 1 aliphatic heterocycles. The lowest BCUT2D eigenvalue weighted by Gasteiger charge is -2.33. The number of piperazine rings is 1. The third-order valence-corrected chi connectivity index (χ3v) is 6.10. The summed E-state index contributed by atoms with van der Waals surface area (Å²) in [6, 6.07) is 14.7. The minimum absolute atomic E-state index is 0.0831. The number of nitrogens with one attached hydrogen (secondary N) is 2. The van der Waals surface area contributed by atoms with Crippen LogP contribution in [-0.4, -0.2) is 78.9 Å². The van der Waals surface area contributed by atoms with Crippen molar-refractivity contribution in [3.8, 4) is 11.1 Å². The molecule has 2 aromatic rings. The third-order valence-electron chi connectivity index (χ3n) is 6.10. The number of benzene rings is 2. The number of alkyl carbamates (subject to hydrolysis) is 1. The molecule has 0 bridgehead atoms. The second-order valence-electron chi connectivity index (χ2n) is 8.39. The van der Waals surface area contributed by atoms with Crippen LogP contribution in [0.2, 0.25) is 0 Å². The Bertz CT molecular complexity index is 990. The van der Waals surface area contributed by atoms with E-state index in [1.165, 1.54) is 0 Å². The van der Waals surface area contributed by atoms with Gasteiger partial charge in [-0.05, 0) is 29.3 Å². The highest BCUT2D eigenvalue weighted by Gasteiger charge is 2.31. The van der Waals surface area contributed by atoms with E-state index in [2.05, 4.69) is 15.6 Å². The van der Waals surface area contributed by atoms with Crippen molar-refractivity contribution in [2.75, 3.05) is 39.8 Å². The average molecular weight is 453 g/mol. The Morgan fingerprint density at radius 1 is 1.00 bits per heavy atom. The van der Waals surface area contributed by atoms with Gasteiger partial charge in [-0.25, -0.2) is 9.80 Å². The number of hydrazine groups is 1. The van der Waals surface area contributed by atoms with Gasteiger partial charge in [0.15, 0.2) is 0 Å². The summed E-state index contributed by atoms with van der Waals surface area (Å²) in [6.07, 6.45) is -1.36. The highest BCUT2D eigenvalue weighted by Crippen LogP contribution is 2.44. The molecule has 1 saturated heterocycles. The number of ether oxygens (including phenoxy) is 1. The SMILES string of the molecule is CN1CCN(NC(=O)C(CC(=O)O)NC(=O)OCC2c3ccccc3-c3ccccc32)CC1. The molecule has 9 nitrogen and oxygen atoms in total. The first-order chi connectivity index (χ1) is 15.9. The summed E-state index contributed by atoms with van der Waals surface area (Å²) in [5.74, 6) is -1.89. The summed E-state index contributed by atoms with van der Waals surface area (Å²) in [5.41, 5.74) is 7.07. The van der Waals surface area contributed by atoms with Gasteiger partial charge in [-0.2, -0.15) is 0 Å². The normalized spacial score (nSPS) is 17.0. The predicted octanol–water partition coefficient (Wildman–Crippen LogP) is 1.65. The molecule has 4 rings (SSSR count). The van der Waals surface area contributed by atoms with Crippen molar-refractivity contribution in [2.45, 2.75) is 18.4 Å². The number of amides is 2. The number of fused-ring (bicyclic) bond motifs is 3. The molecule has 0 radical (unpaired) electrons. The van der Waals surface area contributed by atoms with Crippen molar-refractivity contribution in [3.63, 3.8) is 0 Å². The number of hydrogen-bond acceptors (Lipinski definition) is 6. The van der Waals surface area contributed by atoms with E-state index in [4.69, 9.17) is 4.74 Å². The first-order valence-electron chi connectivity index (χ1n) is 11.0. The van der Waals surface area contributed by atoms with Crippen LogP contribution in [0.15, 0.2) is 48.5 Å². The summed E-state index contributed by atoms with van der Waals surface area (Å²) in [7, 11) is 1.99. The molecular formula is C24H28N4O5. The maximum atomic E-state index is 12.7. The van der Waals surface area contributed by atoms with E-state index in [1.54, 1.807) is 5.01 Å². The number of nitrogens with zero attached hydrogens (tertiary/aromatic N) is 2. The van der Waals surface area contributed by atoms with Gasteiger partial charge in [-0.1, -0.05) is 48.5 Å². The number of carboxylic acids is 1. The number of hydrogen-bond donors (Lipinski definition) is 3. The lowest BCUT2D eigenvalue weighted by molar-refractivity contribution is -0.141. The Morgan fingerprint density at radius 3 is 2.15 bits per heavy atom. The molecule has 0 spiro atoms. The quantitative estimate of drug-likeness (QED) is 0.586. The van der Waals surface area contributed by atoms with Gasteiger partial charge in [0.2, 0.25) is 0 Å². The molecule has 1 aliphatic carbocycles. The van der Waals surface area contributed by atoms with Gasteiger partial charge < -0.3 is 20.1 Å². The fourth-order valence-electron chi connectivity index (χ4n) is 4.32. The molecule has 1 atom stereocenters. The summed E-state index contributed by atoms with van der Waals surface area (Å²) < 4.78 is 5.46. The summed E-state index contributed by atoms with van der Waals surface area (Å²) in [6.45, 7) is 2.88. The van der Waals surface area contributed by atoms with E-state index < -0.39 is 30.4 Å². The Labute approximate surface area is 192 Å². The second-order valence-corrected chi connectivity index (χ2v) is 8.39. The number of carbonyl (C=O) groups excluding carboxylic acids is 2. The van der Waals surface area contributed by atoms with Gasteiger partial charge in [0.05, 0.1) is 6.42 Å². The number of carboxylic acid groups (broad SMARTS) is 1. The van der Waals surface area contributed by atoms with Crippen LogP contribution < -0.4 is 10.7 Å². The van der Waals surface area contributed by atoms with E-state index in [1.807, 2.05) is 55.6 Å². The number of rotatable bonds is 7. The molecular weight excluding hydrogens is 424 g/mol. The molecule has 1 heterocycles. The fraction of sp³-hybridized carbons (Fsp3) is 0.375. The Kier molecular flexibility index (Phi) is 6.90. The van der Waals surface area contributed by atoms with Crippen LogP contribution in [0.25, 0.3) is 11.1 Å². The minimum Gasteiger partial charge on any atom is -0.481 e. The van der Waals surface area contributed by atoms with Gasteiger partial charge in [0, 0.05) is 32.1 Å². The number of aliphatic carboxylic acids is 1. The van der Waals surface area contributed by atoms with Crippen molar-refractivity contribution in [1.82, 2.24) is 20.7 Å². The second kappa shape index (κ2) is 10.0. The van der Waals surface area contributed by atoms with E-state index in [0.717, 1.165) is 35.3 Å². The van der Waals surface area contributed by atoms with E-state index in [9.17, 15) is 19.5 Å². The van der Waals surface area contributed by atoms with Crippen molar-refractivity contribution >= 4 is 18.0 Å². The van der Waals surface area contributed by atoms with Crippen molar-refractivity contribution in [2.24, 2.45) is 0 Å². The van der Waals surface area contributed by atoms with Gasteiger partial charge >= 0.3 is 12.1 Å². The molecule has 3 N–H and O–H groups in total. The van der Waals surface area contributed by atoms with E-state index in [-0.39, 0.29) is 12.5 Å². The maximum Gasteiger partial charge on any atom is 0.407 e. The van der Waals surface area contributed by atoms with Gasteiger partial charge in [-0.3, -0.25) is 15.0 Å². The molecule has 9 heteroatoms. The molecule has 174 valence electrons. The molecule has 2 amide bonds. The molecule has 2 aliphatic rings. The smallest absolute Gasteiger partial charge is 0.407 e. The van der Waals surface area contributed by atoms with Crippen molar-refractivity contribution in [1.29, 1.82) is 0 Å². The lowest BCUT2D eigenvalue weighted by atomic mass is 9.98. The van der Waals surface area contributed by atoms with Crippen LogP contribution in [0.4, 0.5) is 4.79 Å². The topological polar surface area (TPSA) is 111 Å². The van der Waals surface area contributed by atoms with E-state index >= 15 is 0 Å². The minimum atomic E-state index is -1.24. The zero-order valence-corrected chi connectivity index (χ0v) is 18.5. The zero-order chi connectivity index (χ0) is 23.4. The summed E-state index contributed by atoms with van der Waals surface area (Å²) in [5, 5.41) is 13.4. The van der Waals surface area contributed by atoms with Crippen molar-refractivity contribution < 1.29 is 24.2 Å². The monoisotopic (exact) mass is 452 g/mol. The zero-order valence-electron chi connectivity index (χ0n) is 18.5. The first kappa shape index (κ1) is 22.8. The largest absolute Gasteiger partial charge is 0.481 e. The first-order valence-corrected chi connectivity index (χ1v) is 11.0. The predicted molar refractivity (Wildman–Crippen MR) is 121 cm³/mol. The van der Waals surface area contributed by atoms with Gasteiger partial charge in [0.1, 0.15) is 12.6 Å². The van der Waals surface area contributed by atoms with Gasteiger partial charge in [-0.15, -0.1) is 0 Å². The highest BCUT2D eigenvalue weighted by atomic mass is 16.5. The van der Waals surface area contributed by atoms with Crippen LogP contribution in [-0.2, 0) is 14.3 Å². The molecule has 1 fully saturated rings. The van der Waals surface area contributed by atoms with Crippen LogP contribution >= 0.6 is 0 Å². The average Bonchev–Trinajstić information content (AvgIpc) is 3.12. The van der Waals surface area contributed by atoms with Crippen LogP contribution in [0.3, 0.4) is 0 Å². The van der Waals surface area contributed by atoms with E-state index in [0.29, 0.717) is 13.1 Å². The number of carbonyl (C=O) groups is 3. The molecule has 33 heavy (non-hydrogen) atoms. The standard InChI is InChI=1S/C24H28N4O5/c1-27-10-12-28(13-11-27)26-23(31)21(14-22(29)30)25-24(32)33-15-20-18-8-4-2-6-16(18)17-7-3-5-9-19(17)20/h2-9,20-21H,10-15H2,1H3,(H,25,32)(H,26,31)(H,29,30). The Hall–Kier alpha value is -3.43. The Morgan fingerprint density at radius 2 is 1.58 bits per heavy atom. The van der Waals surface area contributed by atoms with Crippen molar-refractivity contribution in [3.05, 3.63) is 59.7 Å². The maximum absolute atomic E-state index is 12.7. The molecule has 2 aromatic carbocycles. The van der Waals surface area contributed by atoms with Crippen LogP contribution in [0.5, 0.6) is 0 Å². The van der Waals surface area contributed by atoms with Crippen LogP contribution in [0, 0.1) is 0 Å².